The molecule has 3 aromatic rings. The van der Waals surface area contributed by atoms with Crippen molar-refractivity contribution in [1.29, 1.82) is 0 Å². The van der Waals surface area contributed by atoms with Gasteiger partial charge in [-0.05, 0) is 38.1 Å². The van der Waals surface area contributed by atoms with E-state index in [1.807, 2.05) is 38.1 Å². The highest BCUT2D eigenvalue weighted by Crippen LogP contribution is 2.21. The number of aromatic nitrogens is 2. The SMILES string of the molecule is Cc1ccc(C(=O)Nc2nnc(NC(=O)c3ccc(C)cc3)s2)cc1. The van der Waals surface area contributed by atoms with Crippen LogP contribution in [0.5, 0.6) is 0 Å². The third-order valence-electron chi connectivity index (χ3n) is 3.49. The number of benzene rings is 2. The fraction of sp³-hybridized carbons (Fsp3) is 0.111. The van der Waals surface area contributed by atoms with Gasteiger partial charge in [-0.25, -0.2) is 0 Å². The molecule has 6 nitrogen and oxygen atoms in total. The van der Waals surface area contributed by atoms with Crippen LogP contribution in [-0.4, -0.2) is 22.0 Å². The minimum atomic E-state index is -0.271. The Bertz CT molecular complexity index is 828. The van der Waals surface area contributed by atoms with E-state index < -0.39 is 0 Å². The van der Waals surface area contributed by atoms with Gasteiger partial charge in [-0.15, -0.1) is 10.2 Å². The topological polar surface area (TPSA) is 84.0 Å². The Morgan fingerprint density at radius 2 is 1.08 bits per heavy atom. The lowest BCUT2D eigenvalue weighted by Crippen LogP contribution is -2.11. The molecule has 1 heterocycles. The highest BCUT2D eigenvalue weighted by molar-refractivity contribution is 7.19. The number of rotatable bonds is 4. The molecule has 0 aliphatic heterocycles. The molecule has 2 aromatic carbocycles. The van der Waals surface area contributed by atoms with E-state index >= 15 is 0 Å². The first-order valence-electron chi connectivity index (χ1n) is 7.61. The zero-order valence-electron chi connectivity index (χ0n) is 13.7. The predicted molar refractivity (Wildman–Crippen MR) is 98.2 cm³/mol. The highest BCUT2D eigenvalue weighted by atomic mass is 32.1. The first-order chi connectivity index (χ1) is 12.0. The summed E-state index contributed by atoms with van der Waals surface area (Å²) in [4.78, 5) is 24.3. The van der Waals surface area contributed by atoms with Crippen LogP contribution in [0.15, 0.2) is 48.5 Å². The maximum Gasteiger partial charge on any atom is 0.257 e. The Kier molecular flexibility index (Phi) is 4.85. The van der Waals surface area contributed by atoms with Crippen LogP contribution in [0.2, 0.25) is 0 Å². The van der Waals surface area contributed by atoms with Gasteiger partial charge in [0.2, 0.25) is 10.3 Å². The van der Waals surface area contributed by atoms with E-state index in [4.69, 9.17) is 0 Å². The minimum Gasteiger partial charge on any atom is -0.296 e. The van der Waals surface area contributed by atoms with Crippen molar-refractivity contribution in [3.05, 3.63) is 70.8 Å². The lowest BCUT2D eigenvalue weighted by Gasteiger charge is -2.02. The molecule has 7 heteroatoms. The number of carbonyl (C=O) groups is 2. The fourth-order valence-corrected chi connectivity index (χ4v) is 2.71. The number of anilines is 2. The summed E-state index contributed by atoms with van der Waals surface area (Å²) in [5, 5.41) is 13.8. The third kappa shape index (κ3) is 4.27. The monoisotopic (exact) mass is 352 g/mol. The highest BCUT2D eigenvalue weighted by Gasteiger charge is 2.12. The maximum atomic E-state index is 12.2. The summed E-state index contributed by atoms with van der Waals surface area (Å²) in [5.74, 6) is -0.542. The number of amides is 2. The van der Waals surface area contributed by atoms with Gasteiger partial charge >= 0.3 is 0 Å². The molecule has 0 aliphatic rings. The van der Waals surface area contributed by atoms with Crippen molar-refractivity contribution in [2.45, 2.75) is 13.8 Å². The molecule has 0 saturated heterocycles. The molecule has 2 amide bonds. The third-order valence-corrected chi connectivity index (χ3v) is 4.25. The molecule has 0 aliphatic carbocycles. The average molecular weight is 352 g/mol. The maximum absolute atomic E-state index is 12.2. The number of nitrogens with one attached hydrogen (secondary N) is 2. The quantitative estimate of drug-likeness (QED) is 0.750. The van der Waals surface area contributed by atoms with Crippen molar-refractivity contribution in [2.75, 3.05) is 10.6 Å². The number of hydrogen-bond acceptors (Lipinski definition) is 5. The van der Waals surface area contributed by atoms with Gasteiger partial charge in [0.05, 0.1) is 0 Å². The average Bonchev–Trinajstić information content (AvgIpc) is 3.02. The van der Waals surface area contributed by atoms with E-state index in [2.05, 4.69) is 20.8 Å². The van der Waals surface area contributed by atoms with E-state index in [1.165, 1.54) is 0 Å². The minimum absolute atomic E-state index is 0.271. The fourth-order valence-electron chi connectivity index (χ4n) is 2.07. The van der Waals surface area contributed by atoms with Crippen LogP contribution < -0.4 is 10.6 Å². The second kappa shape index (κ2) is 7.23. The molecule has 1 aromatic heterocycles. The van der Waals surface area contributed by atoms with Crippen LogP contribution in [0.3, 0.4) is 0 Å². The summed E-state index contributed by atoms with van der Waals surface area (Å²) in [7, 11) is 0. The van der Waals surface area contributed by atoms with Gasteiger partial charge in [-0.1, -0.05) is 46.7 Å². The van der Waals surface area contributed by atoms with E-state index in [1.54, 1.807) is 24.3 Å². The Hall–Kier alpha value is -3.06. The number of aryl methyl sites for hydroxylation is 2. The zero-order chi connectivity index (χ0) is 17.8. The normalized spacial score (nSPS) is 10.3. The van der Waals surface area contributed by atoms with Crippen LogP contribution in [0.4, 0.5) is 10.3 Å². The standard InChI is InChI=1S/C18H16N4O2S/c1-11-3-7-13(8-4-11)15(23)19-17-21-22-18(25-17)20-16(24)14-9-5-12(2)6-10-14/h3-10H,1-2H3,(H,19,21,23)(H,20,22,24). The van der Waals surface area contributed by atoms with Gasteiger partial charge in [-0.2, -0.15) is 0 Å². The first-order valence-corrected chi connectivity index (χ1v) is 8.42. The molecule has 0 bridgehead atoms. The Balaban J connectivity index is 1.64. The molecule has 25 heavy (non-hydrogen) atoms. The largest absolute Gasteiger partial charge is 0.296 e. The van der Waals surface area contributed by atoms with Gasteiger partial charge in [0, 0.05) is 11.1 Å². The van der Waals surface area contributed by atoms with Crippen molar-refractivity contribution in [1.82, 2.24) is 10.2 Å². The summed E-state index contributed by atoms with van der Waals surface area (Å²) in [6.45, 7) is 3.91. The van der Waals surface area contributed by atoms with Crippen molar-refractivity contribution in [3.63, 3.8) is 0 Å². The second-order valence-corrected chi connectivity index (χ2v) is 6.53. The van der Waals surface area contributed by atoms with Gasteiger partial charge < -0.3 is 0 Å². The van der Waals surface area contributed by atoms with Crippen molar-refractivity contribution in [2.24, 2.45) is 0 Å². The predicted octanol–water partition coefficient (Wildman–Crippen LogP) is 3.66. The number of nitrogens with zero attached hydrogens (tertiary/aromatic N) is 2. The summed E-state index contributed by atoms with van der Waals surface area (Å²) < 4.78 is 0. The Morgan fingerprint density at radius 3 is 1.44 bits per heavy atom. The van der Waals surface area contributed by atoms with E-state index in [0.29, 0.717) is 21.4 Å². The van der Waals surface area contributed by atoms with Crippen molar-refractivity contribution < 1.29 is 9.59 Å². The number of carbonyl (C=O) groups excluding carboxylic acids is 2. The lowest BCUT2D eigenvalue weighted by molar-refractivity contribution is 0.101. The Labute approximate surface area is 148 Å². The van der Waals surface area contributed by atoms with E-state index in [-0.39, 0.29) is 11.8 Å². The first kappa shape index (κ1) is 16.8. The van der Waals surface area contributed by atoms with Crippen LogP contribution in [0.1, 0.15) is 31.8 Å². The second-order valence-electron chi connectivity index (χ2n) is 5.55. The Morgan fingerprint density at radius 1 is 0.720 bits per heavy atom. The van der Waals surface area contributed by atoms with E-state index in [9.17, 15) is 9.59 Å². The summed E-state index contributed by atoms with van der Waals surface area (Å²) in [6.07, 6.45) is 0. The van der Waals surface area contributed by atoms with Gasteiger partial charge in [-0.3, -0.25) is 20.2 Å². The molecule has 0 spiro atoms. The molecule has 126 valence electrons. The molecule has 0 unspecified atom stereocenters. The van der Waals surface area contributed by atoms with Crippen LogP contribution in [0.25, 0.3) is 0 Å². The molecule has 3 rings (SSSR count). The van der Waals surface area contributed by atoms with Crippen LogP contribution in [0, 0.1) is 13.8 Å². The molecule has 2 N–H and O–H groups in total. The molecule has 0 radical (unpaired) electrons. The molecule has 0 fully saturated rings. The lowest BCUT2D eigenvalue weighted by atomic mass is 10.1. The van der Waals surface area contributed by atoms with Crippen molar-refractivity contribution >= 4 is 33.4 Å². The van der Waals surface area contributed by atoms with Gasteiger partial charge in [0.25, 0.3) is 11.8 Å². The van der Waals surface area contributed by atoms with Crippen LogP contribution >= 0.6 is 11.3 Å². The zero-order valence-corrected chi connectivity index (χ0v) is 14.6. The summed E-state index contributed by atoms with van der Waals surface area (Å²) in [5.41, 5.74) is 3.22. The molecule has 0 saturated carbocycles. The van der Waals surface area contributed by atoms with Crippen LogP contribution in [-0.2, 0) is 0 Å². The molecular weight excluding hydrogens is 336 g/mol. The number of hydrogen-bond donors (Lipinski definition) is 2. The van der Waals surface area contributed by atoms with Gasteiger partial charge in [0.1, 0.15) is 0 Å². The summed E-state index contributed by atoms with van der Waals surface area (Å²) in [6, 6.07) is 14.4. The smallest absolute Gasteiger partial charge is 0.257 e. The van der Waals surface area contributed by atoms with E-state index in [0.717, 1.165) is 22.5 Å². The summed E-state index contributed by atoms with van der Waals surface area (Å²) >= 11 is 1.10. The van der Waals surface area contributed by atoms with Crippen molar-refractivity contribution in [3.8, 4) is 0 Å². The molecular formula is C18H16N4O2S. The molecule has 0 atom stereocenters. The van der Waals surface area contributed by atoms with Gasteiger partial charge in [0.15, 0.2) is 0 Å².